The summed E-state index contributed by atoms with van der Waals surface area (Å²) in [5.74, 6) is 0.251. The minimum absolute atomic E-state index is 0.00657. The molecular weight excluding hydrogens is 268 g/mol. The molecule has 20 heavy (non-hydrogen) atoms. The highest BCUT2D eigenvalue weighted by Gasteiger charge is 2.23. The smallest absolute Gasteiger partial charge is 0.152 e. The van der Waals surface area contributed by atoms with Crippen LogP contribution in [0.25, 0.3) is 10.9 Å². The molecule has 0 bridgehead atoms. The van der Waals surface area contributed by atoms with Crippen LogP contribution in [0.4, 0.5) is 0 Å². The molecule has 0 saturated heterocycles. The number of rotatable bonds is 6. The Kier molecular flexibility index (Phi) is 4.89. The first-order valence-corrected chi connectivity index (χ1v) is 7.53. The Morgan fingerprint density at radius 1 is 1.30 bits per heavy atom. The Balaban J connectivity index is 2.25. The van der Waals surface area contributed by atoms with E-state index in [0.717, 1.165) is 5.52 Å². The molecule has 0 aliphatic heterocycles. The predicted molar refractivity (Wildman–Crippen MR) is 87.2 cm³/mol. The number of carbonyl (C=O) groups excluding carboxylic acids is 1. The average Bonchev–Trinajstić information content (AvgIpc) is 2.80. The van der Waals surface area contributed by atoms with Crippen molar-refractivity contribution < 1.29 is 4.79 Å². The van der Waals surface area contributed by atoms with Gasteiger partial charge in [-0.1, -0.05) is 32.0 Å². The number of H-pyrrole nitrogens is 1. The molecule has 0 fully saturated rings. The van der Waals surface area contributed by atoms with E-state index >= 15 is 0 Å². The summed E-state index contributed by atoms with van der Waals surface area (Å²) in [5.41, 5.74) is 2.28. The predicted octanol–water partition coefficient (Wildman–Crippen LogP) is 3.17. The highest BCUT2D eigenvalue weighted by atomic mass is 32.1. The number of Topliss-reactive ketones (excluding diaryl/α,β-unsaturated/α-hetero) is 1. The van der Waals surface area contributed by atoms with Crippen LogP contribution in [-0.2, 0) is 11.2 Å². The second-order valence-corrected chi connectivity index (χ2v) is 6.29. The Bertz CT molecular complexity index is 589. The third-order valence-corrected chi connectivity index (χ3v) is 3.60. The van der Waals surface area contributed by atoms with E-state index in [-0.39, 0.29) is 23.1 Å². The van der Waals surface area contributed by atoms with Gasteiger partial charge in [-0.2, -0.15) is 12.6 Å². The molecule has 0 radical (unpaired) electrons. The number of nitrogens with one attached hydrogen (secondary N) is 2. The van der Waals surface area contributed by atoms with Crippen LogP contribution >= 0.6 is 12.6 Å². The molecule has 0 amide bonds. The molecule has 4 heteroatoms. The number of hydrogen-bond donors (Lipinski definition) is 3. The summed E-state index contributed by atoms with van der Waals surface area (Å²) in [6.45, 7) is 5.82. The molecule has 1 heterocycles. The molecule has 0 aliphatic rings. The van der Waals surface area contributed by atoms with Crippen LogP contribution < -0.4 is 5.32 Å². The molecule has 1 unspecified atom stereocenters. The van der Waals surface area contributed by atoms with Gasteiger partial charge in [0.05, 0.1) is 6.04 Å². The van der Waals surface area contributed by atoms with Crippen molar-refractivity contribution in [2.75, 3.05) is 0 Å². The van der Waals surface area contributed by atoms with Crippen molar-refractivity contribution in [3.05, 3.63) is 36.0 Å². The molecule has 3 nitrogen and oxygen atoms in total. The summed E-state index contributed by atoms with van der Waals surface area (Å²) < 4.78 is 0. The monoisotopic (exact) mass is 290 g/mol. The second-order valence-electron chi connectivity index (χ2n) is 5.52. The maximum absolute atomic E-state index is 12.3. The van der Waals surface area contributed by atoms with Crippen LogP contribution in [0.1, 0.15) is 26.3 Å². The van der Waals surface area contributed by atoms with E-state index in [1.54, 1.807) is 0 Å². The average molecular weight is 290 g/mol. The first-order chi connectivity index (χ1) is 9.49. The van der Waals surface area contributed by atoms with Gasteiger partial charge in [0.15, 0.2) is 5.78 Å². The molecule has 2 rings (SSSR count). The van der Waals surface area contributed by atoms with Gasteiger partial charge in [-0.25, -0.2) is 0 Å². The third kappa shape index (κ3) is 3.44. The summed E-state index contributed by atoms with van der Waals surface area (Å²) in [5, 5.41) is 4.44. The Morgan fingerprint density at radius 3 is 2.65 bits per heavy atom. The largest absolute Gasteiger partial charge is 0.361 e. The van der Waals surface area contributed by atoms with Crippen molar-refractivity contribution >= 4 is 29.3 Å². The molecule has 2 atom stereocenters. The van der Waals surface area contributed by atoms with Gasteiger partial charge in [0.2, 0.25) is 0 Å². The van der Waals surface area contributed by atoms with Crippen molar-refractivity contribution in [2.45, 2.75) is 38.6 Å². The van der Waals surface area contributed by atoms with Gasteiger partial charge in [-0.3, -0.25) is 10.1 Å². The lowest BCUT2D eigenvalue weighted by atomic mass is 9.95. The number of aromatic amines is 1. The zero-order valence-electron chi connectivity index (χ0n) is 12.2. The number of fused-ring (bicyclic) bond motifs is 1. The minimum atomic E-state index is -0.193. The molecule has 0 saturated carbocycles. The number of carbonyl (C=O) groups is 1. The van der Waals surface area contributed by atoms with Gasteiger partial charge < -0.3 is 4.98 Å². The van der Waals surface area contributed by atoms with E-state index in [4.69, 9.17) is 0 Å². The summed E-state index contributed by atoms with van der Waals surface area (Å²) in [6, 6.07) is 7.97. The van der Waals surface area contributed by atoms with Gasteiger partial charge in [0, 0.05) is 28.4 Å². The quantitative estimate of drug-likeness (QED) is 0.565. The van der Waals surface area contributed by atoms with Crippen LogP contribution in [0.2, 0.25) is 0 Å². The Hall–Kier alpha value is -1.26. The fourth-order valence-electron chi connectivity index (χ4n) is 2.46. The highest BCUT2D eigenvalue weighted by Crippen LogP contribution is 2.20. The van der Waals surface area contributed by atoms with Gasteiger partial charge in [-0.15, -0.1) is 0 Å². The summed E-state index contributed by atoms with van der Waals surface area (Å²) in [6.07, 6.45) is 2.68. The zero-order valence-corrected chi connectivity index (χ0v) is 13.1. The molecule has 1 aromatic heterocycles. The first-order valence-electron chi connectivity index (χ1n) is 7.02. The molecule has 108 valence electrons. The van der Waals surface area contributed by atoms with E-state index < -0.39 is 0 Å². The maximum Gasteiger partial charge on any atom is 0.152 e. The number of benzene rings is 1. The van der Waals surface area contributed by atoms with Crippen molar-refractivity contribution in [2.24, 2.45) is 5.92 Å². The van der Waals surface area contributed by atoms with Crippen molar-refractivity contribution in [3.8, 4) is 0 Å². The normalized spacial score (nSPS) is 14.7. The van der Waals surface area contributed by atoms with Gasteiger partial charge >= 0.3 is 0 Å². The van der Waals surface area contributed by atoms with E-state index in [1.165, 1.54) is 10.9 Å². The van der Waals surface area contributed by atoms with E-state index in [1.807, 2.05) is 45.2 Å². The SMILES string of the molecule is CC(S)N[C@H](Cc1c[nH]c2ccccc12)C(=O)C(C)C. The van der Waals surface area contributed by atoms with Crippen LogP contribution in [0.5, 0.6) is 0 Å². The molecule has 2 aromatic rings. The topological polar surface area (TPSA) is 44.9 Å². The fourth-order valence-corrected chi connectivity index (χ4v) is 2.64. The standard InChI is InChI=1S/C16H22N2OS/c1-10(2)16(19)15(18-11(3)20)8-12-9-17-14-7-5-4-6-13(12)14/h4-7,9-11,15,17-18,20H,8H2,1-3H3/t11?,15-/m1/s1. The number of hydrogen-bond acceptors (Lipinski definition) is 3. The number of aromatic nitrogens is 1. The van der Waals surface area contributed by atoms with E-state index in [0.29, 0.717) is 6.42 Å². The molecule has 2 N–H and O–H groups in total. The minimum Gasteiger partial charge on any atom is -0.361 e. The second kappa shape index (κ2) is 6.46. The lowest BCUT2D eigenvalue weighted by molar-refractivity contribution is -0.124. The summed E-state index contributed by atoms with van der Waals surface area (Å²) in [7, 11) is 0. The summed E-state index contributed by atoms with van der Waals surface area (Å²) in [4.78, 5) is 15.6. The number of para-hydroxylation sites is 1. The number of ketones is 1. The van der Waals surface area contributed by atoms with Gasteiger partial charge in [0.25, 0.3) is 0 Å². The summed E-state index contributed by atoms with van der Waals surface area (Å²) >= 11 is 4.35. The molecular formula is C16H22N2OS. The van der Waals surface area contributed by atoms with Crippen LogP contribution in [0.3, 0.4) is 0 Å². The van der Waals surface area contributed by atoms with Crippen LogP contribution in [0, 0.1) is 5.92 Å². The van der Waals surface area contributed by atoms with Crippen LogP contribution in [0.15, 0.2) is 30.5 Å². The fraction of sp³-hybridized carbons (Fsp3) is 0.438. The van der Waals surface area contributed by atoms with Crippen LogP contribution in [-0.4, -0.2) is 22.2 Å². The maximum atomic E-state index is 12.3. The molecule has 1 aromatic carbocycles. The third-order valence-electron chi connectivity index (χ3n) is 3.45. The lowest BCUT2D eigenvalue weighted by Gasteiger charge is -2.21. The zero-order chi connectivity index (χ0) is 14.7. The van der Waals surface area contributed by atoms with Gasteiger partial charge in [0.1, 0.15) is 0 Å². The molecule has 0 aliphatic carbocycles. The Morgan fingerprint density at radius 2 is 2.00 bits per heavy atom. The van der Waals surface area contributed by atoms with Crippen molar-refractivity contribution in [3.63, 3.8) is 0 Å². The van der Waals surface area contributed by atoms with Crippen molar-refractivity contribution in [1.29, 1.82) is 0 Å². The van der Waals surface area contributed by atoms with Crippen molar-refractivity contribution in [1.82, 2.24) is 10.3 Å². The first kappa shape index (κ1) is 15.1. The number of thiol groups is 1. The molecule has 0 spiro atoms. The Labute approximate surface area is 125 Å². The lowest BCUT2D eigenvalue weighted by Crippen LogP contribution is -2.43. The van der Waals surface area contributed by atoms with E-state index in [9.17, 15) is 4.79 Å². The highest BCUT2D eigenvalue weighted by molar-refractivity contribution is 7.80. The van der Waals surface area contributed by atoms with E-state index in [2.05, 4.69) is 29.0 Å². The van der Waals surface area contributed by atoms with Gasteiger partial charge in [-0.05, 0) is 25.0 Å².